The molecule has 154 valence electrons. The van der Waals surface area contributed by atoms with E-state index in [2.05, 4.69) is 9.98 Å². The van der Waals surface area contributed by atoms with Crippen LogP contribution >= 0.6 is 11.6 Å². The molecule has 2 atom stereocenters. The number of ether oxygens (including phenoxy) is 1. The van der Waals surface area contributed by atoms with Gasteiger partial charge in [-0.15, -0.1) is 0 Å². The maximum absolute atomic E-state index is 15.1. The lowest BCUT2D eigenvalue weighted by molar-refractivity contribution is -0.146. The molecular weight excluding hydrogens is 405 g/mol. The van der Waals surface area contributed by atoms with E-state index in [0.29, 0.717) is 17.7 Å². The quantitative estimate of drug-likeness (QED) is 0.654. The topological polar surface area (TPSA) is 54.8 Å². The number of rotatable bonds is 5. The van der Waals surface area contributed by atoms with Gasteiger partial charge in [-0.1, -0.05) is 42.0 Å². The molecule has 2 aromatic rings. The van der Waals surface area contributed by atoms with Crippen molar-refractivity contribution in [3.05, 3.63) is 88.5 Å². The Balaban J connectivity index is 1.87. The van der Waals surface area contributed by atoms with Gasteiger partial charge in [-0.2, -0.15) is 0 Å². The number of hydrogen-bond donors (Lipinski definition) is 0. The molecule has 0 amide bonds. The van der Waals surface area contributed by atoms with Gasteiger partial charge < -0.3 is 9.64 Å². The summed E-state index contributed by atoms with van der Waals surface area (Å²) in [5.74, 6) is -1.03. The normalized spacial score (nSPS) is 22.8. The molecule has 0 saturated heterocycles. The lowest BCUT2D eigenvalue weighted by Gasteiger charge is -2.37. The van der Waals surface area contributed by atoms with E-state index in [1.807, 2.05) is 35.3 Å². The summed E-state index contributed by atoms with van der Waals surface area (Å²) in [6.07, 6.45) is 12.5. The van der Waals surface area contributed by atoms with Gasteiger partial charge in [0.1, 0.15) is 5.82 Å². The number of pyridine rings is 1. The summed E-state index contributed by atoms with van der Waals surface area (Å²) in [5, 5.41) is 0.287. The third kappa shape index (κ3) is 3.52. The summed E-state index contributed by atoms with van der Waals surface area (Å²) in [5.41, 5.74) is 0.524. The SMILES string of the molecule is COC(=O)C1(C2=CCCC=C2)N=CN(Cc2cccnc2)C1c1ccc(Cl)cc1F. The smallest absolute Gasteiger partial charge is 0.341 e. The van der Waals surface area contributed by atoms with Crippen molar-refractivity contribution in [3.8, 4) is 0 Å². The summed E-state index contributed by atoms with van der Waals surface area (Å²) < 4.78 is 20.3. The van der Waals surface area contributed by atoms with Gasteiger partial charge in [0.05, 0.1) is 19.5 Å². The lowest BCUT2D eigenvalue weighted by atomic mass is 9.77. The zero-order valence-corrected chi connectivity index (χ0v) is 17.2. The second-order valence-electron chi connectivity index (χ2n) is 7.24. The van der Waals surface area contributed by atoms with Gasteiger partial charge >= 0.3 is 5.97 Å². The Labute approximate surface area is 179 Å². The molecule has 0 spiro atoms. The monoisotopic (exact) mass is 425 g/mol. The summed E-state index contributed by atoms with van der Waals surface area (Å²) in [7, 11) is 1.33. The molecule has 1 aromatic carbocycles. The van der Waals surface area contributed by atoms with Crippen LogP contribution in [0, 0.1) is 5.82 Å². The first-order chi connectivity index (χ1) is 14.6. The number of halogens is 2. The Morgan fingerprint density at radius 3 is 2.90 bits per heavy atom. The van der Waals surface area contributed by atoms with Crippen LogP contribution in [0.25, 0.3) is 0 Å². The largest absolute Gasteiger partial charge is 0.467 e. The van der Waals surface area contributed by atoms with Crippen LogP contribution in [0.15, 0.2) is 71.5 Å². The molecule has 0 N–H and O–H groups in total. The van der Waals surface area contributed by atoms with E-state index in [1.165, 1.54) is 13.2 Å². The zero-order valence-electron chi connectivity index (χ0n) is 16.5. The van der Waals surface area contributed by atoms with Crippen LogP contribution in [0.3, 0.4) is 0 Å². The van der Waals surface area contributed by atoms with E-state index in [4.69, 9.17) is 16.3 Å². The summed E-state index contributed by atoms with van der Waals surface area (Å²) in [4.78, 5) is 23.8. The maximum atomic E-state index is 15.1. The van der Waals surface area contributed by atoms with Crippen molar-refractivity contribution in [2.75, 3.05) is 7.11 Å². The van der Waals surface area contributed by atoms with Gasteiger partial charge in [0.15, 0.2) is 0 Å². The third-order valence-electron chi connectivity index (χ3n) is 5.41. The van der Waals surface area contributed by atoms with E-state index in [9.17, 15) is 4.79 Å². The number of hydrogen-bond acceptors (Lipinski definition) is 5. The molecule has 4 rings (SSSR count). The van der Waals surface area contributed by atoms with Crippen molar-refractivity contribution in [3.63, 3.8) is 0 Å². The fourth-order valence-corrected chi connectivity index (χ4v) is 4.23. The van der Waals surface area contributed by atoms with Gasteiger partial charge in [0, 0.05) is 29.5 Å². The van der Waals surface area contributed by atoms with Crippen molar-refractivity contribution in [1.82, 2.24) is 9.88 Å². The van der Waals surface area contributed by atoms with E-state index < -0.39 is 23.4 Å². The van der Waals surface area contributed by atoms with Crippen LogP contribution in [0.5, 0.6) is 0 Å². The van der Waals surface area contributed by atoms with Gasteiger partial charge in [-0.25, -0.2) is 14.2 Å². The van der Waals surface area contributed by atoms with Crippen LogP contribution in [0.4, 0.5) is 4.39 Å². The van der Waals surface area contributed by atoms with Crippen molar-refractivity contribution < 1.29 is 13.9 Å². The number of carbonyl (C=O) groups is 1. The standard InChI is InChI=1S/C23H21ClFN3O2/c1-30-22(29)23(17-7-3-2-4-8-17)21(19-10-9-18(24)12-20(19)25)28(15-27-23)14-16-6-5-11-26-13-16/h3,5-13,15,21H,2,4,14H2,1H3. The molecule has 7 heteroatoms. The second-order valence-corrected chi connectivity index (χ2v) is 7.68. The first-order valence-corrected chi connectivity index (χ1v) is 10.0. The third-order valence-corrected chi connectivity index (χ3v) is 5.65. The van der Waals surface area contributed by atoms with E-state index >= 15 is 4.39 Å². The molecule has 0 saturated carbocycles. The summed E-state index contributed by atoms with van der Waals surface area (Å²) in [6, 6.07) is 7.50. The zero-order chi connectivity index (χ0) is 21.1. The van der Waals surface area contributed by atoms with E-state index in [1.54, 1.807) is 30.9 Å². The van der Waals surface area contributed by atoms with Gasteiger partial charge in [-0.05, 0) is 42.2 Å². The molecule has 1 aliphatic heterocycles. The Morgan fingerprint density at radius 2 is 2.23 bits per heavy atom. The molecule has 2 aliphatic rings. The van der Waals surface area contributed by atoms with Crippen molar-refractivity contribution >= 4 is 23.9 Å². The van der Waals surface area contributed by atoms with Crippen molar-refractivity contribution in [2.45, 2.75) is 31.0 Å². The number of allylic oxidation sites excluding steroid dienone is 2. The lowest BCUT2D eigenvalue weighted by Crippen LogP contribution is -2.47. The highest BCUT2D eigenvalue weighted by atomic mass is 35.5. The molecule has 0 radical (unpaired) electrons. The highest BCUT2D eigenvalue weighted by Gasteiger charge is 2.55. The predicted molar refractivity (Wildman–Crippen MR) is 114 cm³/mol. The molecule has 2 unspecified atom stereocenters. The van der Waals surface area contributed by atoms with Crippen LogP contribution in [-0.4, -0.2) is 34.8 Å². The number of esters is 1. The van der Waals surface area contributed by atoms with Gasteiger partial charge in [0.2, 0.25) is 5.54 Å². The van der Waals surface area contributed by atoms with Crippen LogP contribution in [0.2, 0.25) is 5.02 Å². The number of aromatic nitrogens is 1. The van der Waals surface area contributed by atoms with E-state index in [-0.39, 0.29) is 5.02 Å². The molecule has 2 heterocycles. The van der Waals surface area contributed by atoms with E-state index in [0.717, 1.165) is 18.4 Å². The predicted octanol–water partition coefficient (Wildman–Crippen LogP) is 4.65. The average Bonchev–Trinajstić information content (AvgIpc) is 3.14. The molecule has 5 nitrogen and oxygen atoms in total. The Bertz CT molecular complexity index is 1040. The minimum Gasteiger partial charge on any atom is -0.467 e. The Hall–Kier alpha value is -2.99. The van der Waals surface area contributed by atoms with Crippen molar-refractivity contribution in [1.29, 1.82) is 0 Å². The molecule has 0 bridgehead atoms. The highest BCUT2D eigenvalue weighted by molar-refractivity contribution is 6.30. The Morgan fingerprint density at radius 1 is 1.37 bits per heavy atom. The average molecular weight is 426 g/mol. The first kappa shape index (κ1) is 20.3. The maximum Gasteiger partial charge on any atom is 0.341 e. The minimum atomic E-state index is -1.41. The first-order valence-electron chi connectivity index (χ1n) is 9.67. The fourth-order valence-electron chi connectivity index (χ4n) is 4.07. The summed E-state index contributed by atoms with van der Waals surface area (Å²) in [6.45, 7) is 0.403. The van der Waals surface area contributed by atoms with Gasteiger partial charge in [0.25, 0.3) is 0 Å². The number of aliphatic imine (C=N–C) groups is 1. The molecule has 1 aliphatic carbocycles. The number of nitrogens with zero attached hydrogens (tertiary/aromatic N) is 3. The minimum absolute atomic E-state index is 0.287. The second kappa shape index (κ2) is 8.40. The Kier molecular flexibility index (Phi) is 5.68. The molecule has 1 aromatic heterocycles. The fraction of sp³-hybridized carbons (Fsp3) is 0.261. The van der Waals surface area contributed by atoms with Crippen LogP contribution in [-0.2, 0) is 16.1 Å². The van der Waals surface area contributed by atoms with Crippen molar-refractivity contribution in [2.24, 2.45) is 4.99 Å². The molecule has 30 heavy (non-hydrogen) atoms. The van der Waals surface area contributed by atoms with Gasteiger partial charge in [-0.3, -0.25) is 4.98 Å². The number of methoxy groups -OCH3 is 1. The number of carbonyl (C=O) groups excluding carboxylic acids is 1. The molecule has 0 fully saturated rings. The van der Waals surface area contributed by atoms with Crippen LogP contribution in [0.1, 0.15) is 30.0 Å². The molecular formula is C23H21ClFN3O2. The number of benzene rings is 1. The highest BCUT2D eigenvalue weighted by Crippen LogP contribution is 2.47. The van der Waals surface area contributed by atoms with Crippen LogP contribution < -0.4 is 0 Å². The summed E-state index contributed by atoms with van der Waals surface area (Å²) >= 11 is 5.99.